The molecular formula is C29H32ClN3O2. The summed E-state index contributed by atoms with van der Waals surface area (Å²) in [4.78, 5) is 12.3. The zero-order valence-corrected chi connectivity index (χ0v) is 21.5. The Morgan fingerprint density at radius 1 is 1.17 bits per heavy atom. The van der Waals surface area contributed by atoms with Crippen LogP contribution < -0.4 is 4.74 Å². The lowest BCUT2D eigenvalue weighted by molar-refractivity contribution is -0.0293. The fourth-order valence-corrected chi connectivity index (χ4v) is 5.53. The van der Waals surface area contributed by atoms with Gasteiger partial charge < -0.3 is 14.8 Å². The SMILES string of the molecule is CC(C)C(O)(Cc1cc2cc(-c3cccnc3)ncc2[nH]1)CC(C)(C)c1cc(Cl)cc2c1OCC2. The largest absolute Gasteiger partial charge is 0.493 e. The van der Waals surface area contributed by atoms with E-state index in [-0.39, 0.29) is 11.3 Å². The molecule has 1 aromatic carbocycles. The van der Waals surface area contributed by atoms with Crippen molar-refractivity contribution in [2.24, 2.45) is 5.92 Å². The lowest BCUT2D eigenvalue weighted by Gasteiger charge is -2.40. The molecule has 0 radical (unpaired) electrons. The summed E-state index contributed by atoms with van der Waals surface area (Å²) in [7, 11) is 0. The van der Waals surface area contributed by atoms with Crippen LogP contribution in [0.1, 0.15) is 50.9 Å². The Morgan fingerprint density at radius 2 is 2.00 bits per heavy atom. The van der Waals surface area contributed by atoms with Gasteiger partial charge in [0, 0.05) is 52.5 Å². The van der Waals surface area contributed by atoms with E-state index < -0.39 is 5.60 Å². The molecule has 0 fully saturated rings. The van der Waals surface area contributed by atoms with Crippen LogP contribution in [0.25, 0.3) is 22.2 Å². The molecule has 6 heteroatoms. The number of pyridine rings is 2. The summed E-state index contributed by atoms with van der Waals surface area (Å²) in [5.41, 5.74) is 4.76. The number of aromatic amines is 1. The summed E-state index contributed by atoms with van der Waals surface area (Å²) < 4.78 is 5.99. The van der Waals surface area contributed by atoms with Crippen molar-refractivity contribution in [3.8, 4) is 17.0 Å². The molecule has 35 heavy (non-hydrogen) atoms. The summed E-state index contributed by atoms with van der Waals surface area (Å²) in [6, 6.07) is 12.1. The average Bonchev–Trinajstić information content (AvgIpc) is 3.44. The van der Waals surface area contributed by atoms with Gasteiger partial charge in [0.15, 0.2) is 0 Å². The smallest absolute Gasteiger partial charge is 0.126 e. The van der Waals surface area contributed by atoms with Crippen LogP contribution in [0.2, 0.25) is 5.02 Å². The topological polar surface area (TPSA) is 71.0 Å². The number of fused-ring (bicyclic) bond motifs is 2. The van der Waals surface area contributed by atoms with Crippen molar-refractivity contribution in [2.75, 3.05) is 6.61 Å². The number of hydrogen-bond acceptors (Lipinski definition) is 4. The van der Waals surface area contributed by atoms with Gasteiger partial charge in [-0.3, -0.25) is 9.97 Å². The normalized spacial score (nSPS) is 15.3. The molecular weight excluding hydrogens is 458 g/mol. The molecule has 0 saturated heterocycles. The van der Waals surface area contributed by atoms with Crippen molar-refractivity contribution in [3.05, 3.63) is 76.8 Å². The minimum absolute atomic E-state index is 0.0467. The first kappa shape index (κ1) is 23.8. The standard InChI is InChI=1S/C29H32ClN3O2/c1-18(2)29(34,17-28(3,4)24-13-22(30)10-19-7-9-35-27(19)24)14-23-11-21-12-25(32-16-26(21)33-23)20-6-5-8-31-15-20/h5-6,8,10-13,15-16,18,33-34H,7,9,14,17H2,1-4H3. The van der Waals surface area contributed by atoms with Gasteiger partial charge in [0.25, 0.3) is 0 Å². The third-order valence-corrected chi connectivity index (χ3v) is 7.53. The van der Waals surface area contributed by atoms with E-state index >= 15 is 0 Å². The number of hydrogen-bond donors (Lipinski definition) is 2. The molecule has 1 aliphatic rings. The fourth-order valence-electron chi connectivity index (χ4n) is 5.29. The van der Waals surface area contributed by atoms with Gasteiger partial charge in [-0.2, -0.15) is 0 Å². The highest BCUT2D eigenvalue weighted by Crippen LogP contribution is 2.45. The number of nitrogens with zero attached hydrogens (tertiary/aromatic N) is 2. The van der Waals surface area contributed by atoms with Gasteiger partial charge in [-0.1, -0.05) is 39.3 Å². The number of aromatic nitrogens is 3. The molecule has 0 bridgehead atoms. The Balaban J connectivity index is 1.44. The summed E-state index contributed by atoms with van der Waals surface area (Å²) in [5.74, 6) is 0.982. The maximum absolute atomic E-state index is 12.0. The van der Waals surface area contributed by atoms with E-state index in [9.17, 15) is 5.11 Å². The maximum Gasteiger partial charge on any atom is 0.126 e. The number of rotatable bonds is 7. The molecule has 0 aliphatic carbocycles. The van der Waals surface area contributed by atoms with Crippen LogP contribution >= 0.6 is 11.6 Å². The molecule has 1 unspecified atom stereocenters. The van der Waals surface area contributed by atoms with Crippen molar-refractivity contribution >= 4 is 22.5 Å². The molecule has 5 rings (SSSR count). The molecule has 4 heterocycles. The lowest BCUT2D eigenvalue weighted by Crippen LogP contribution is -2.43. The van der Waals surface area contributed by atoms with Crippen LogP contribution in [0.5, 0.6) is 5.75 Å². The van der Waals surface area contributed by atoms with Crippen LogP contribution in [-0.4, -0.2) is 32.3 Å². The van der Waals surface area contributed by atoms with E-state index in [1.807, 2.05) is 36.7 Å². The Labute approximate surface area is 211 Å². The summed E-state index contributed by atoms with van der Waals surface area (Å²) in [6.07, 6.45) is 7.38. The van der Waals surface area contributed by atoms with Crippen molar-refractivity contribution in [2.45, 2.75) is 58.0 Å². The number of nitrogens with one attached hydrogen (secondary N) is 1. The molecule has 1 aliphatic heterocycles. The molecule has 1 atom stereocenters. The second kappa shape index (κ2) is 8.96. The molecule has 0 amide bonds. The summed E-state index contributed by atoms with van der Waals surface area (Å²) >= 11 is 6.47. The van der Waals surface area contributed by atoms with Gasteiger partial charge in [-0.05, 0) is 59.7 Å². The Morgan fingerprint density at radius 3 is 2.74 bits per heavy atom. The van der Waals surface area contributed by atoms with E-state index in [4.69, 9.17) is 16.3 Å². The predicted molar refractivity (Wildman–Crippen MR) is 141 cm³/mol. The quantitative estimate of drug-likeness (QED) is 0.310. The number of halogens is 1. The number of H-pyrrole nitrogens is 1. The lowest BCUT2D eigenvalue weighted by atomic mass is 9.69. The first-order valence-electron chi connectivity index (χ1n) is 12.2. The fraction of sp³-hybridized carbons (Fsp3) is 0.379. The summed E-state index contributed by atoms with van der Waals surface area (Å²) in [6.45, 7) is 9.18. The van der Waals surface area contributed by atoms with Gasteiger partial charge in [-0.25, -0.2) is 0 Å². The van der Waals surface area contributed by atoms with Gasteiger partial charge in [0.1, 0.15) is 5.75 Å². The van der Waals surface area contributed by atoms with Crippen molar-refractivity contribution in [1.82, 2.24) is 15.0 Å². The highest BCUT2D eigenvalue weighted by Gasteiger charge is 2.40. The number of ether oxygens (including phenoxy) is 1. The number of aliphatic hydroxyl groups is 1. The molecule has 0 spiro atoms. The van der Waals surface area contributed by atoms with E-state index in [0.29, 0.717) is 19.4 Å². The number of benzene rings is 1. The molecule has 182 valence electrons. The summed E-state index contributed by atoms with van der Waals surface area (Å²) in [5, 5.41) is 13.8. The second-order valence-corrected chi connectivity index (χ2v) is 11.2. The second-order valence-electron chi connectivity index (χ2n) is 10.7. The van der Waals surface area contributed by atoms with Crippen molar-refractivity contribution in [1.29, 1.82) is 0 Å². The maximum atomic E-state index is 12.0. The zero-order chi connectivity index (χ0) is 24.8. The van der Waals surface area contributed by atoms with Crippen LogP contribution in [-0.2, 0) is 18.3 Å². The highest BCUT2D eigenvalue weighted by molar-refractivity contribution is 6.30. The highest BCUT2D eigenvalue weighted by atomic mass is 35.5. The third kappa shape index (κ3) is 4.67. The van der Waals surface area contributed by atoms with Crippen LogP contribution in [0.3, 0.4) is 0 Å². The molecule has 2 N–H and O–H groups in total. The van der Waals surface area contributed by atoms with Gasteiger partial charge in [0.05, 0.1) is 29.6 Å². The van der Waals surface area contributed by atoms with Gasteiger partial charge in [-0.15, -0.1) is 0 Å². The Kier molecular flexibility index (Phi) is 6.10. The van der Waals surface area contributed by atoms with Crippen LogP contribution in [0.4, 0.5) is 0 Å². The zero-order valence-electron chi connectivity index (χ0n) is 20.7. The van der Waals surface area contributed by atoms with Gasteiger partial charge in [0.2, 0.25) is 0 Å². The van der Waals surface area contributed by atoms with E-state index in [0.717, 1.165) is 56.2 Å². The average molecular weight is 490 g/mol. The van der Waals surface area contributed by atoms with E-state index in [2.05, 4.69) is 54.8 Å². The molecule has 5 nitrogen and oxygen atoms in total. The first-order chi connectivity index (χ1) is 16.6. The first-order valence-corrected chi connectivity index (χ1v) is 12.6. The van der Waals surface area contributed by atoms with Crippen LogP contribution in [0.15, 0.2) is 55.0 Å². The Hall–Kier alpha value is -2.89. The van der Waals surface area contributed by atoms with Gasteiger partial charge >= 0.3 is 0 Å². The van der Waals surface area contributed by atoms with Crippen molar-refractivity contribution < 1.29 is 9.84 Å². The van der Waals surface area contributed by atoms with Crippen LogP contribution in [0, 0.1) is 5.92 Å². The third-order valence-electron chi connectivity index (χ3n) is 7.32. The van der Waals surface area contributed by atoms with E-state index in [1.54, 1.807) is 6.20 Å². The molecule has 4 aromatic rings. The minimum Gasteiger partial charge on any atom is -0.493 e. The van der Waals surface area contributed by atoms with E-state index in [1.165, 1.54) is 0 Å². The minimum atomic E-state index is -0.933. The van der Waals surface area contributed by atoms with Crippen molar-refractivity contribution in [3.63, 3.8) is 0 Å². The molecule has 3 aromatic heterocycles. The molecule has 0 saturated carbocycles. The monoisotopic (exact) mass is 489 g/mol. The Bertz CT molecular complexity index is 1360. The predicted octanol–water partition coefficient (Wildman–Crippen LogP) is 6.51.